The van der Waals surface area contributed by atoms with Gasteiger partial charge in [-0.25, -0.2) is 5.01 Å². The van der Waals surface area contributed by atoms with Crippen molar-refractivity contribution in [3.05, 3.63) is 0 Å². The van der Waals surface area contributed by atoms with Crippen molar-refractivity contribution in [2.24, 2.45) is 11.3 Å². The fourth-order valence-corrected chi connectivity index (χ4v) is 2.31. The fraction of sp³-hybridized carbons (Fsp3) is 1.00. The Kier molecular flexibility index (Phi) is 1.29. The Balaban J connectivity index is 1.82. The Morgan fingerprint density at radius 2 is 2.00 bits per heavy atom. The second-order valence-electron chi connectivity index (χ2n) is 4.08. The molecule has 0 saturated heterocycles. The fourth-order valence-electron chi connectivity index (χ4n) is 2.31. The molecule has 0 aromatic rings. The molecule has 1 spiro atoms. The molecule has 2 heteroatoms. The minimum absolute atomic E-state index is 0.695. The van der Waals surface area contributed by atoms with Gasteiger partial charge in [-0.05, 0) is 31.1 Å². The summed E-state index contributed by atoms with van der Waals surface area (Å²) in [5, 5.41) is 1.88. The second kappa shape index (κ2) is 1.95. The van der Waals surface area contributed by atoms with E-state index in [0.717, 1.165) is 5.41 Å². The van der Waals surface area contributed by atoms with Crippen molar-refractivity contribution >= 4 is 0 Å². The quantitative estimate of drug-likeness (QED) is 0.437. The normalized spacial score (nSPS) is 30.3. The highest BCUT2D eigenvalue weighted by Crippen LogP contribution is 2.56. The third-order valence-electron chi connectivity index (χ3n) is 3.33. The third-order valence-corrected chi connectivity index (χ3v) is 3.33. The van der Waals surface area contributed by atoms with E-state index in [2.05, 4.69) is 0 Å². The first-order valence-corrected chi connectivity index (χ1v) is 4.19. The molecule has 58 valence electrons. The molecular formula is C8H16N2. The molecule has 10 heavy (non-hydrogen) atoms. The number of nitrogens with two attached hydrogens (primary N) is 1. The molecule has 0 bridgehead atoms. The highest BCUT2D eigenvalue weighted by molar-refractivity contribution is 5.01. The van der Waals surface area contributed by atoms with Gasteiger partial charge >= 0.3 is 0 Å². The van der Waals surface area contributed by atoms with E-state index in [1.807, 2.05) is 12.1 Å². The second-order valence-corrected chi connectivity index (χ2v) is 4.08. The predicted molar refractivity (Wildman–Crippen MR) is 41.3 cm³/mol. The molecule has 0 aromatic heterocycles. The SMILES string of the molecule is CN(N)C1CC2(CCC2)C1. The average Bonchev–Trinajstić information content (AvgIpc) is 1.54. The average molecular weight is 140 g/mol. The molecule has 0 radical (unpaired) electrons. The van der Waals surface area contributed by atoms with Crippen LogP contribution < -0.4 is 5.84 Å². The summed E-state index contributed by atoms with van der Waals surface area (Å²) in [6.45, 7) is 0. The van der Waals surface area contributed by atoms with Crippen LogP contribution >= 0.6 is 0 Å². The van der Waals surface area contributed by atoms with Crippen LogP contribution in [0.1, 0.15) is 32.1 Å². The van der Waals surface area contributed by atoms with Gasteiger partial charge in [0.1, 0.15) is 0 Å². The summed E-state index contributed by atoms with van der Waals surface area (Å²) in [5.74, 6) is 5.63. The van der Waals surface area contributed by atoms with Crippen molar-refractivity contribution in [2.75, 3.05) is 7.05 Å². The molecule has 2 aliphatic carbocycles. The molecule has 0 aliphatic heterocycles. The van der Waals surface area contributed by atoms with Crippen molar-refractivity contribution in [3.63, 3.8) is 0 Å². The summed E-state index contributed by atoms with van der Waals surface area (Å²) in [6.07, 6.45) is 7.12. The summed E-state index contributed by atoms with van der Waals surface area (Å²) in [4.78, 5) is 0. The summed E-state index contributed by atoms with van der Waals surface area (Å²) in [5.41, 5.74) is 0.776. The number of rotatable bonds is 1. The first-order valence-electron chi connectivity index (χ1n) is 4.19. The Morgan fingerprint density at radius 1 is 1.40 bits per heavy atom. The minimum Gasteiger partial charge on any atom is -0.269 e. The smallest absolute Gasteiger partial charge is 0.0248 e. The lowest BCUT2D eigenvalue weighted by Crippen LogP contribution is -2.54. The van der Waals surface area contributed by atoms with E-state index in [0.29, 0.717) is 6.04 Å². The van der Waals surface area contributed by atoms with Crippen LogP contribution in [0.15, 0.2) is 0 Å². The topological polar surface area (TPSA) is 29.3 Å². The zero-order chi connectivity index (χ0) is 7.19. The van der Waals surface area contributed by atoms with Crippen molar-refractivity contribution in [1.29, 1.82) is 0 Å². The lowest BCUT2D eigenvalue weighted by Gasteiger charge is -2.55. The van der Waals surface area contributed by atoms with E-state index in [9.17, 15) is 0 Å². The first-order chi connectivity index (χ1) is 4.72. The standard InChI is InChI=1S/C8H16N2/c1-10(9)7-5-8(6-7)3-2-4-8/h7H,2-6,9H2,1H3. The molecule has 0 aromatic carbocycles. The van der Waals surface area contributed by atoms with Crippen LogP contribution in [0.3, 0.4) is 0 Å². The summed E-state index contributed by atoms with van der Waals surface area (Å²) in [7, 11) is 1.98. The molecule has 0 atom stereocenters. The lowest BCUT2D eigenvalue weighted by molar-refractivity contribution is -0.0470. The van der Waals surface area contributed by atoms with E-state index in [-0.39, 0.29) is 0 Å². The van der Waals surface area contributed by atoms with Gasteiger partial charge in [-0.1, -0.05) is 6.42 Å². The highest BCUT2D eigenvalue weighted by Gasteiger charge is 2.48. The molecule has 0 heterocycles. The summed E-state index contributed by atoms with van der Waals surface area (Å²) < 4.78 is 0. The molecule has 2 saturated carbocycles. The maximum atomic E-state index is 5.63. The maximum absolute atomic E-state index is 5.63. The molecule has 2 N–H and O–H groups in total. The largest absolute Gasteiger partial charge is 0.269 e. The van der Waals surface area contributed by atoms with Crippen LogP contribution in [-0.2, 0) is 0 Å². The molecule has 2 nitrogen and oxygen atoms in total. The highest BCUT2D eigenvalue weighted by atomic mass is 15.4. The van der Waals surface area contributed by atoms with Gasteiger partial charge in [0.05, 0.1) is 0 Å². The number of hydrazine groups is 1. The Hall–Kier alpha value is -0.0800. The molecule has 2 rings (SSSR count). The van der Waals surface area contributed by atoms with E-state index in [4.69, 9.17) is 5.84 Å². The lowest BCUT2D eigenvalue weighted by atomic mass is 9.54. The van der Waals surface area contributed by atoms with E-state index in [1.54, 1.807) is 0 Å². The Labute approximate surface area is 62.4 Å². The van der Waals surface area contributed by atoms with Gasteiger partial charge in [-0.3, -0.25) is 5.84 Å². The van der Waals surface area contributed by atoms with E-state index in [1.165, 1.54) is 32.1 Å². The monoisotopic (exact) mass is 140 g/mol. The van der Waals surface area contributed by atoms with Crippen molar-refractivity contribution in [1.82, 2.24) is 5.01 Å². The number of hydrogen-bond donors (Lipinski definition) is 1. The number of nitrogens with zero attached hydrogens (tertiary/aromatic N) is 1. The van der Waals surface area contributed by atoms with Crippen LogP contribution in [0.5, 0.6) is 0 Å². The van der Waals surface area contributed by atoms with Crippen LogP contribution in [0.25, 0.3) is 0 Å². The zero-order valence-corrected chi connectivity index (χ0v) is 6.64. The Morgan fingerprint density at radius 3 is 2.30 bits per heavy atom. The van der Waals surface area contributed by atoms with Gasteiger partial charge in [0, 0.05) is 13.1 Å². The van der Waals surface area contributed by atoms with Crippen molar-refractivity contribution in [3.8, 4) is 0 Å². The number of hydrogen-bond acceptors (Lipinski definition) is 2. The van der Waals surface area contributed by atoms with Crippen LogP contribution in [-0.4, -0.2) is 18.1 Å². The first kappa shape index (κ1) is 6.62. The molecule has 2 aliphatic rings. The van der Waals surface area contributed by atoms with E-state index < -0.39 is 0 Å². The molecular weight excluding hydrogens is 124 g/mol. The van der Waals surface area contributed by atoms with Gasteiger partial charge in [-0.2, -0.15) is 0 Å². The van der Waals surface area contributed by atoms with Crippen molar-refractivity contribution < 1.29 is 0 Å². The van der Waals surface area contributed by atoms with Crippen molar-refractivity contribution in [2.45, 2.75) is 38.1 Å². The maximum Gasteiger partial charge on any atom is 0.0248 e. The van der Waals surface area contributed by atoms with Gasteiger partial charge in [-0.15, -0.1) is 0 Å². The van der Waals surface area contributed by atoms with Gasteiger partial charge in [0.2, 0.25) is 0 Å². The summed E-state index contributed by atoms with van der Waals surface area (Å²) >= 11 is 0. The minimum atomic E-state index is 0.695. The summed E-state index contributed by atoms with van der Waals surface area (Å²) in [6, 6.07) is 0.695. The van der Waals surface area contributed by atoms with Crippen LogP contribution in [0.4, 0.5) is 0 Å². The van der Waals surface area contributed by atoms with Crippen LogP contribution in [0.2, 0.25) is 0 Å². The van der Waals surface area contributed by atoms with E-state index >= 15 is 0 Å². The predicted octanol–water partition coefficient (Wildman–Crippen LogP) is 1.12. The van der Waals surface area contributed by atoms with Crippen LogP contribution in [0, 0.1) is 5.41 Å². The van der Waals surface area contributed by atoms with Gasteiger partial charge in [0.15, 0.2) is 0 Å². The third kappa shape index (κ3) is 0.789. The molecule has 0 unspecified atom stereocenters. The molecule has 2 fully saturated rings. The van der Waals surface area contributed by atoms with Gasteiger partial charge < -0.3 is 0 Å². The zero-order valence-electron chi connectivity index (χ0n) is 6.64. The Bertz CT molecular complexity index is 130. The van der Waals surface area contributed by atoms with Gasteiger partial charge in [0.25, 0.3) is 0 Å². The molecule has 0 amide bonds.